The quantitative estimate of drug-likeness (QED) is 0.765. The van der Waals surface area contributed by atoms with Gasteiger partial charge in [-0.15, -0.1) is 5.10 Å². The number of anilines is 2. The minimum Gasteiger partial charge on any atom is -0.486 e. The van der Waals surface area contributed by atoms with Crippen LogP contribution in [0.2, 0.25) is 0 Å². The van der Waals surface area contributed by atoms with Crippen molar-refractivity contribution < 1.29 is 22.6 Å². The fourth-order valence-electron chi connectivity index (χ4n) is 2.46. The van der Waals surface area contributed by atoms with Gasteiger partial charge in [0, 0.05) is 23.5 Å². The first kappa shape index (κ1) is 15.5. The Bertz CT molecular complexity index is 954. The summed E-state index contributed by atoms with van der Waals surface area (Å²) in [5.74, 6) is 0.117. The van der Waals surface area contributed by atoms with Crippen molar-refractivity contribution in [2.24, 2.45) is 0 Å². The van der Waals surface area contributed by atoms with Crippen LogP contribution in [0, 0.1) is 6.92 Å². The molecule has 1 aliphatic rings. The van der Waals surface area contributed by atoms with Crippen LogP contribution >= 0.6 is 0 Å². The van der Waals surface area contributed by atoms with Crippen LogP contribution in [-0.4, -0.2) is 32.8 Å². The molecule has 4 rings (SSSR count). The summed E-state index contributed by atoms with van der Waals surface area (Å²) in [7, 11) is 0. The smallest absolute Gasteiger partial charge is 0.453 e. The number of aryl methyl sites for hydroxylation is 1. The van der Waals surface area contributed by atoms with E-state index < -0.39 is 12.0 Å². The van der Waals surface area contributed by atoms with E-state index in [4.69, 9.17) is 9.47 Å². The average Bonchev–Trinajstić information content (AvgIpc) is 2.99. The number of aromatic nitrogens is 4. The van der Waals surface area contributed by atoms with E-state index in [0.717, 1.165) is 4.52 Å². The lowest BCUT2D eigenvalue weighted by Gasteiger charge is -2.19. The van der Waals surface area contributed by atoms with Crippen molar-refractivity contribution >= 4 is 17.3 Å². The minimum absolute atomic E-state index is 0.132. The molecular weight excluding hydrogens is 339 g/mol. The Morgan fingerprint density at radius 2 is 1.84 bits per heavy atom. The summed E-state index contributed by atoms with van der Waals surface area (Å²) in [6, 6.07) is 6.75. The van der Waals surface area contributed by atoms with Crippen molar-refractivity contribution in [2.45, 2.75) is 13.1 Å². The van der Waals surface area contributed by atoms with Crippen LogP contribution in [0.1, 0.15) is 11.5 Å². The molecule has 0 saturated carbocycles. The lowest BCUT2D eigenvalue weighted by atomic mass is 10.2. The maximum absolute atomic E-state index is 12.9. The van der Waals surface area contributed by atoms with Crippen molar-refractivity contribution in [1.82, 2.24) is 19.6 Å². The molecule has 0 unspecified atom stereocenters. The molecular formula is C15H12F3N5O2. The molecule has 1 aromatic carbocycles. The lowest BCUT2D eigenvalue weighted by molar-refractivity contribution is -0.144. The van der Waals surface area contributed by atoms with Crippen molar-refractivity contribution in [3.05, 3.63) is 35.8 Å². The van der Waals surface area contributed by atoms with Gasteiger partial charge in [0.2, 0.25) is 0 Å². The van der Waals surface area contributed by atoms with Crippen LogP contribution < -0.4 is 14.8 Å². The van der Waals surface area contributed by atoms with E-state index in [2.05, 4.69) is 20.4 Å². The molecule has 3 heterocycles. The van der Waals surface area contributed by atoms with Gasteiger partial charge < -0.3 is 14.8 Å². The number of alkyl halides is 3. The molecule has 0 saturated heterocycles. The molecule has 130 valence electrons. The Hall–Kier alpha value is -3.04. The molecule has 10 heteroatoms. The maximum atomic E-state index is 12.9. The zero-order valence-electron chi connectivity index (χ0n) is 13.0. The topological polar surface area (TPSA) is 73.6 Å². The van der Waals surface area contributed by atoms with Gasteiger partial charge in [-0.05, 0) is 19.1 Å². The second-order valence-electron chi connectivity index (χ2n) is 5.41. The molecule has 0 bridgehead atoms. The summed E-state index contributed by atoms with van der Waals surface area (Å²) in [6.45, 7) is 2.58. The molecule has 25 heavy (non-hydrogen) atoms. The predicted octanol–water partition coefficient (Wildman–Crippen LogP) is 2.97. The molecule has 0 spiro atoms. The summed E-state index contributed by atoms with van der Waals surface area (Å²) in [6.07, 6.45) is -4.64. The lowest BCUT2D eigenvalue weighted by Crippen LogP contribution is -2.15. The van der Waals surface area contributed by atoms with Crippen LogP contribution in [0.5, 0.6) is 11.5 Å². The number of nitrogens with zero attached hydrogens (tertiary/aromatic N) is 4. The second kappa shape index (κ2) is 5.50. The van der Waals surface area contributed by atoms with Crippen LogP contribution in [0.15, 0.2) is 24.3 Å². The molecule has 0 atom stereocenters. The number of hydrogen-bond donors (Lipinski definition) is 1. The van der Waals surface area contributed by atoms with E-state index in [0.29, 0.717) is 41.9 Å². The third-order valence-corrected chi connectivity index (χ3v) is 3.51. The molecule has 1 aliphatic heterocycles. The number of nitrogens with one attached hydrogen (secondary N) is 1. The minimum atomic E-state index is -4.64. The van der Waals surface area contributed by atoms with Crippen LogP contribution in [0.3, 0.4) is 0 Å². The van der Waals surface area contributed by atoms with Crippen LogP contribution in [0.25, 0.3) is 5.78 Å². The molecule has 0 amide bonds. The fraction of sp³-hybridized carbons (Fsp3) is 0.267. The summed E-state index contributed by atoms with van der Waals surface area (Å²) in [5.41, 5.74) is 1.12. The molecule has 7 nitrogen and oxygen atoms in total. The van der Waals surface area contributed by atoms with Gasteiger partial charge in [0.1, 0.15) is 19.0 Å². The standard InChI is InChI=1S/C15H12F3N5O2/c1-8-6-12(23-14(19-8)21-13(22-23)15(16,17)18)20-9-2-3-10-11(7-9)25-5-4-24-10/h2-3,6-7,20H,4-5H2,1H3. The van der Waals surface area contributed by atoms with Gasteiger partial charge in [0.15, 0.2) is 11.5 Å². The Morgan fingerprint density at radius 1 is 1.08 bits per heavy atom. The zero-order chi connectivity index (χ0) is 17.6. The largest absolute Gasteiger partial charge is 0.486 e. The molecule has 2 aromatic heterocycles. The number of rotatable bonds is 2. The van der Waals surface area contributed by atoms with Crippen molar-refractivity contribution in [3.63, 3.8) is 0 Å². The van der Waals surface area contributed by atoms with E-state index in [1.54, 1.807) is 31.2 Å². The number of ether oxygens (including phenoxy) is 2. The average molecular weight is 351 g/mol. The Labute approximate surface area is 139 Å². The third-order valence-electron chi connectivity index (χ3n) is 3.51. The first-order valence-electron chi connectivity index (χ1n) is 7.38. The molecule has 3 aromatic rings. The summed E-state index contributed by atoms with van der Waals surface area (Å²) in [4.78, 5) is 7.44. The van der Waals surface area contributed by atoms with Crippen molar-refractivity contribution in [1.29, 1.82) is 0 Å². The fourth-order valence-corrected chi connectivity index (χ4v) is 2.46. The Kier molecular flexibility index (Phi) is 3.41. The van der Waals surface area contributed by atoms with Gasteiger partial charge in [0.05, 0.1) is 0 Å². The van der Waals surface area contributed by atoms with Gasteiger partial charge in [-0.25, -0.2) is 4.98 Å². The van der Waals surface area contributed by atoms with Gasteiger partial charge in [-0.3, -0.25) is 0 Å². The van der Waals surface area contributed by atoms with E-state index in [1.807, 2.05) is 0 Å². The van der Waals surface area contributed by atoms with E-state index >= 15 is 0 Å². The first-order valence-corrected chi connectivity index (χ1v) is 7.38. The normalized spacial score (nSPS) is 13.9. The van der Waals surface area contributed by atoms with E-state index in [1.165, 1.54) is 0 Å². The van der Waals surface area contributed by atoms with E-state index in [-0.39, 0.29) is 5.78 Å². The molecule has 1 N–H and O–H groups in total. The number of halogens is 3. The molecule has 0 fully saturated rings. The highest BCUT2D eigenvalue weighted by molar-refractivity contribution is 5.63. The number of fused-ring (bicyclic) bond motifs is 2. The predicted molar refractivity (Wildman–Crippen MR) is 81.2 cm³/mol. The van der Waals surface area contributed by atoms with Gasteiger partial charge in [-0.1, -0.05) is 0 Å². The van der Waals surface area contributed by atoms with E-state index in [9.17, 15) is 13.2 Å². The van der Waals surface area contributed by atoms with Crippen LogP contribution in [0.4, 0.5) is 24.7 Å². The van der Waals surface area contributed by atoms with Crippen molar-refractivity contribution in [3.8, 4) is 11.5 Å². The number of benzene rings is 1. The highest BCUT2D eigenvalue weighted by atomic mass is 19.4. The third kappa shape index (κ3) is 2.90. The SMILES string of the molecule is Cc1cc(Nc2ccc3c(c2)OCCO3)n2nc(C(F)(F)F)nc2n1. The van der Waals surface area contributed by atoms with Crippen molar-refractivity contribution in [2.75, 3.05) is 18.5 Å². The van der Waals surface area contributed by atoms with Gasteiger partial charge in [-0.2, -0.15) is 22.7 Å². The van der Waals surface area contributed by atoms with Gasteiger partial charge in [0.25, 0.3) is 11.6 Å². The first-order chi connectivity index (χ1) is 11.9. The highest BCUT2D eigenvalue weighted by Crippen LogP contribution is 2.34. The monoisotopic (exact) mass is 351 g/mol. The van der Waals surface area contributed by atoms with Gasteiger partial charge >= 0.3 is 6.18 Å². The highest BCUT2D eigenvalue weighted by Gasteiger charge is 2.36. The Balaban J connectivity index is 1.74. The number of hydrogen-bond acceptors (Lipinski definition) is 6. The summed E-state index contributed by atoms with van der Waals surface area (Å²) >= 11 is 0. The summed E-state index contributed by atoms with van der Waals surface area (Å²) in [5, 5.41) is 6.53. The molecule has 0 radical (unpaired) electrons. The zero-order valence-corrected chi connectivity index (χ0v) is 13.0. The molecule has 0 aliphatic carbocycles. The van der Waals surface area contributed by atoms with Crippen LogP contribution in [-0.2, 0) is 6.18 Å². The Morgan fingerprint density at radius 3 is 2.60 bits per heavy atom. The summed E-state index contributed by atoms with van der Waals surface area (Å²) < 4.78 is 50.5. The maximum Gasteiger partial charge on any atom is 0.453 e. The second-order valence-corrected chi connectivity index (χ2v) is 5.41.